The third-order valence-corrected chi connectivity index (χ3v) is 2.61. The zero-order chi connectivity index (χ0) is 12.3. The maximum Gasteiger partial charge on any atom is 0.300 e. The molecule has 0 saturated heterocycles. The van der Waals surface area contributed by atoms with Crippen LogP contribution in [0.3, 0.4) is 0 Å². The summed E-state index contributed by atoms with van der Waals surface area (Å²) >= 11 is 0. The van der Waals surface area contributed by atoms with Crippen LogP contribution in [0.5, 0.6) is 0 Å². The quantitative estimate of drug-likeness (QED) is 0.672. The van der Waals surface area contributed by atoms with Crippen molar-refractivity contribution in [1.82, 2.24) is 0 Å². The Morgan fingerprint density at radius 1 is 1.27 bits per heavy atom. The molecule has 0 heterocycles. The molecule has 0 rings (SSSR count). The van der Waals surface area contributed by atoms with Crippen LogP contribution in [0.25, 0.3) is 0 Å². The van der Waals surface area contributed by atoms with Gasteiger partial charge in [0, 0.05) is 6.92 Å². The highest BCUT2D eigenvalue weighted by Crippen LogP contribution is 2.16. The van der Waals surface area contributed by atoms with Crippen LogP contribution in [0.4, 0.5) is 0 Å². The molecule has 3 nitrogen and oxygen atoms in total. The van der Waals surface area contributed by atoms with Gasteiger partial charge in [-0.15, -0.1) is 0 Å². The maximum atomic E-state index is 9.00. The molecule has 0 radical (unpaired) electrons. The highest BCUT2D eigenvalue weighted by molar-refractivity contribution is 5.62. The van der Waals surface area contributed by atoms with Gasteiger partial charge in [0.15, 0.2) is 0 Å². The predicted octanol–water partition coefficient (Wildman–Crippen LogP) is 2.89. The summed E-state index contributed by atoms with van der Waals surface area (Å²) in [7, 11) is 0. The first-order valence-electron chi connectivity index (χ1n) is 5.85. The fourth-order valence-electron chi connectivity index (χ4n) is 1.23. The first kappa shape index (κ1) is 16.8. The van der Waals surface area contributed by atoms with Crippen LogP contribution >= 0.6 is 0 Å². The van der Waals surface area contributed by atoms with Crippen molar-refractivity contribution >= 4 is 5.97 Å². The van der Waals surface area contributed by atoms with E-state index >= 15 is 0 Å². The molecular weight excluding hydrogens is 190 g/mol. The number of rotatable bonds is 6. The summed E-state index contributed by atoms with van der Waals surface area (Å²) in [5.41, 5.74) is 5.58. The number of carbonyl (C=O) groups is 1. The van der Waals surface area contributed by atoms with E-state index in [4.69, 9.17) is 15.6 Å². The van der Waals surface area contributed by atoms with Crippen molar-refractivity contribution in [2.75, 3.05) is 6.54 Å². The minimum absolute atomic E-state index is 0.701. The molecule has 0 saturated carbocycles. The Hall–Kier alpha value is -0.570. The summed E-state index contributed by atoms with van der Waals surface area (Å²) in [4.78, 5) is 9.00. The lowest BCUT2D eigenvalue weighted by atomic mass is 9.91. The standard InChI is InChI=1S/C10H23N.C2H4O2/c1-4-5-6-7-9(2)10(3)8-11;1-2(3)4/h9-10H,4-8,11H2,1-3H3;1H3,(H,3,4). The topological polar surface area (TPSA) is 63.3 Å². The lowest BCUT2D eigenvalue weighted by molar-refractivity contribution is -0.134. The van der Waals surface area contributed by atoms with Gasteiger partial charge >= 0.3 is 0 Å². The van der Waals surface area contributed by atoms with Crippen LogP contribution in [-0.4, -0.2) is 17.6 Å². The molecule has 0 amide bonds. The number of carboxylic acid groups (broad SMARTS) is 1. The summed E-state index contributed by atoms with van der Waals surface area (Å²) < 4.78 is 0. The van der Waals surface area contributed by atoms with E-state index in [2.05, 4.69) is 20.8 Å². The predicted molar refractivity (Wildman–Crippen MR) is 64.8 cm³/mol. The Labute approximate surface area is 94.1 Å². The van der Waals surface area contributed by atoms with E-state index in [9.17, 15) is 0 Å². The van der Waals surface area contributed by atoms with Crippen molar-refractivity contribution in [3.8, 4) is 0 Å². The van der Waals surface area contributed by atoms with E-state index in [0.29, 0.717) is 5.92 Å². The molecule has 0 bridgehead atoms. The Bertz CT molecular complexity index is 145. The minimum Gasteiger partial charge on any atom is -0.481 e. The van der Waals surface area contributed by atoms with E-state index in [0.717, 1.165) is 19.4 Å². The van der Waals surface area contributed by atoms with Gasteiger partial charge in [0.2, 0.25) is 0 Å². The Balaban J connectivity index is 0. The number of aliphatic carboxylic acids is 1. The van der Waals surface area contributed by atoms with Crippen molar-refractivity contribution in [1.29, 1.82) is 0 Å². The lowest BCUT2D eigenvalue weighted by Gasteiger charge is -2.17. The summed E-state index contributed by atoms with van der Waals surface area (Å²) in [6, 6.07) is 0. The van der Waals surface area contributed by atoms with Crippen molar-refractivity contribution in [3.63, 3.8) is 0 Å². The molecule has 3 N–H and O–H groups in total. The minimum atomic E-state index is -0.833. The van der Waals surface area contributed by atoms with Crippen molar-refractivity contribution in [2.45, 2.75) is 53.4 Å². The van der Waals surface area contributed by atoms with E-state index in [-0.39, 0.29) is 0 Å². The summed E-state index contributed by atoms with van der Waals surface area (Å²) in [6.07, 6.45) is 5.43. The highest BCUT2D eigenvalue weighted by atomic mass is 16.4. The van der Waals surface area contributed by atoms with Crippen LogP contribution in [0, 0.1) is 11.8 Å². The van der Waals surface area contributed by atoms with Crippen molar-refractivity contribution < 1.29 is 9.90 Å². The van der Waals surface area contributed by atoms with Gasteiger partial charge in [-0.1, -0.05) is 46.5 Å². The molecule has 3 heteroatoms. The Morgan fingerprint density at radius 2 is 1.73 bits per heavy atom. The normalized spacial score (nSPS) is 13.7. The molecular formula is C12H27NO2. The van der Waals surface area contributed by atoms with Crippen LogP contribution in [0.2, 0.25) is 0 Å². The van der Waals surface area contributed by atoms with E-state index in [1.165, 1.54) is 25.7 Å². The first-order valence-corrected chi connectivity index (χ1v) is 5.85. The average Bonchev–Trinajstić information content (AvgIpc) is 2.16. The first-order chi connectivity index (χ1) is 6.95. The molecule has 0 aliphatic heterocycles. The van der Waals surface area contributed by atoms with Gasteiger partial charge in [-0.3, -0.25) is 4.79 Å². The zero-order valence-corrected chi connectivity index (χ0v) is 10.6. The van der Waals surface area contributed by atoms with E-state index in [1.807, 2.05) is 0 Å². The largest absolute Gasteiger partial charge is 0.481 e. The SMILES string of the molecule is CC(=O)O.CCCCCC(C)C(C)CN. The molecule has 92 valence electrons. The van der Waals surface area contributed by atoms with Crippen molar-refractivity contribution in [2.24, 2.45) is 17.6 Å². The number of unbranched alkanes of at least 4 members (excludes halogenated alkanes) is 2. The van der Waals surface area contributed by atoms with Gasteiger partial charge in [0.25, 0.3) is 5.97 Å². The van der Waals surface area contributed by atoms with Gasteiger partial charge in [0.05, 0.1) is 0 Å². The third kappa shape index (κ3) is 16.1. The summed E-state index contributed by atoms with van der Waals surface area (Å²) in [6.45, 7) is 8.73. The van der Waals surface area contributed by atoms with Crippen LogP contribution in [-0.2, 0) is 4.79 Å². The Morgan fingerprint density at radius 3 is 2.07 bits per heavy atom. The summed E-state index contributed by atoms with van der Waals surface area (Å²) in [5.74, 6) is 0.679. The van der Waals surface area contributed by atoms with E-state index in [1.54, 1.807) is 0 Å². The molecule has 2 atom stereocenters. The molecule has 0 aromatic rings. The summed E-state index contributed by atoms with van der Waals surface area (Å²) in [5, 5.41) is 7.42. The fourth-order valence-corrected chi connectivity index (χ4v) is 1.23. The molecule has 0 aromatic heterocycles. The maximum absolute atomic E-state index is 9.00. The van der Waals surface area contributed by atoms with Gasteiger partial charge in [-0.05, 0) is 18.4 Å². The van der Waals surface area contributed by atoms with Crippen LogP contribution in [0.15, 0.2) is 0 Å². The average molecular weight is 217 g/mol. The molecule has 2 unspecified atom stereocenters. The third-order valence-electron chi connectivity index (χ3n) is 2.61. The smallest absolute Gasteiger partial charge is 0.300 e. The number of nitrogens with two attached hydrogens (primary N) is 1. The second-order valence-corrected chi connectivity index (χ2v) is 4.21. The molecule has 0 spiro atoms. The van der Waals surface area contributed by atoms with Gasteiger partial charge in [-0.2, -0.15) is 0 Å². The Kier molecular flexibility index (Phi) is 12.9. The second-order valence-electron chi connectivity index (χ2n) is 4.21. The molecule has 0 aliphatic rings. The molecule has 15 heavy (non-hydrogen) atoms. The van der Waals surface area contributed by atoms with Gasteiger partial charge in [-0.25, -0.2) is 0 Å². The van der Waals surface area contributed by atoms with Gasteiger partial charge in [0.1, 0.15) is 0 Å². The lowest BCUT2D eigenvalue weighted by Crippen LogP contribution is -2.18. The zero-order valence-electron chi connectivity index (χ0n) is 10.6. The van der Waals surface area contributed by atoms with Crippen LogP contribution < -0.4 is 5.73 Å². The number of hydrogen-bond acceptors (Lipinski definition) is 2. The van der Waals surface area contributed by atoms with E-state index < -0.39 is 5.97 Å². The molecule has 0 fully saturated rings. The second kappa shape index (κ2) is 11.5. The number of hydrogen-bond donors (Lipinski definition) is 2. The molecule has 0 aromatic carbocycles. The highest BCUT2D eigenvalue weighted by Gasteiger charge is 2.08. The van der Waals surface area contributed by atoms with Crippen LogP contribution in [0.1, 0.15) is 53.4 Å². The fraction of sp³-hybridized carbons (Fsp3) is 0.917. The molecule has 0 aliphatic carbocycles. The number of carboxylic acids is 1. The van der Waals surface area contributed by atoms with Gasteiger partial charge < -0.3 is 10.8 Å². The monoisotopic (exact) mass is 217 g/mol. The van der Waals surface area contributed by atoms with Crippen molar-refractivity contribution in [3.05, 3.63) is 0 Å².